The van der Waals surface area contributed by atoms with E-state index in [0.717, 1.165) is 0 Å². The van der Waals surface area contributed by atoms with Crippen molar-refractivity contribution in [3.63, 3.8) is 0 Å². The Hall–Kier alpha value is -2.70. The predicted octanol–water partition coefficient (Wildman–Crippen LogP) is 0.458. The molecule has 1 aromatic heterocycles. The SMILES string of the molecule is CC(C)C[C@H](NC(=O)CCCn1cnc2ccccc2c1=O)C(=O)[O-]. The zero-order valence-electron chi connectivity index (χ0n) is 14.4. The standard InChI is InChI=1S/C18H23N3O4/c1-12(2)10-15(18(24)25)20-16(22)8-5-9-21-11-19-14-7-4-3-6-13(14)17(21)23/h3-4,6-7,11-12,15H,5,8-10H2,1-2H3,(H,20,22)(H,24,25)/p-1/t15-/m0/s1. The smallest absolute Gasteiger partial charge is 0.261 e. The molecule has 2 aromatic rings. The van der Waals surface area contributed by atoms with Gasteiger partial charge < -0.3 is 15.2 Å². The number of rotatable bonds is 8. The van der Waals surface area contributed by atoms with Crippen molar-refractivity contribution in [2.75, 3.05) is 0 Å². The van der Waals surface area contributed by atoms with E-state index >= 15 is 0 Å². The van der Waals surface area contributed by atoms with Crippen LogP contribution in [-0.4, -0.2) is 27.5 Å². The Morgan fingerprint density at radius 3 is 2.68 bits per heavy atom. The van der Waals surface area contributed by atoms with Crippen LogP contribution in [0, 0.1) is 5.92 Å². The third-order valence-electron chi connectivity index (χ3n) is 3.86. The van der Waals surface area contributed by atoms with Crippen LogP contribution in [0.4, 0.5) is 0 Å². The average molecular weight is 344 g/mol. The average Bonchev–Trinajstić information content (AvgIpc) is 2.56. The number of amides is 1. The minimum atomic E-state index is -1.28. The number of hydrogen-bond donors (Lipinski definition) is 1. The first-order valence-electron chi connectivity index (χ1n) is 8.33. The van der Waals surface area contributed by atoms with Crippen molar-refractivity contribution in [1.29, 1.82) is 0 Å². The summed E-state index contributed by atoms with van der Waals surface area (Å²) in [7, 11) is 0. The van der Waals surface area contributed by atoms with E-state index in [9.17, 15) is 19.5 Å². The number of benzene rings is 1. The molecule has 0 aliphatic heterocycles. The van der Waals surface area contributed by atoms with Crippen LogP contribution in [0.5, 0.6) is 0 Å². The second kappa shape index (κ2) is 8.41. The van der Waals surface area contributed by atoms with Gasteiger partial charge >= 0.3 is 0 Å². The van der Waals surface area contributed by atoms with Crippen LogP contribution in [0.1, 0.15) is 33.1 Å². The van der Waals surface area contributed by atoms with E-state index in [1.165, 1.54) is 10.9 Å². The van der Waals surface area contributed by atoms with Gasteiger partial charge in [0.25, 0.3) is 5.56 Å². The molecular formula is C18H22N3O4-. The lowest BCUT2D eigenvalue weighted by molar-refractivity contribution is -0.308. The van der Waals surface area contributed by atoms with E-state index in [4.69, 9.17) is 0 Å². The van der Waals surface area contributed by atoms with Gasteiger partial charge in [0, 0.05) is 13.0 Å². The highest BCUT2D eigenvalue weighted by Gasteiger charge is 2.15. The maximum absolute atomic E-state index is 12.3. The molecule has 1 amide bonds. The summed E-state index contributed by atoms with van der Waals surface area (Å²) in [5, 5.41) is 14.1. The molecule has 1 heterocycles. The lowest BCUT2D eigenvalue weighted by Crippen LogP contribution is -2.48. The minimum absolute atomic E-state index is 0.126. The summed E-state index contributed by atoms with van der Waals surface area (Å²) < 4.78 is 1.46. The van der Waals surface area contributed by atoms with Crippen LogP contribution in [0.15, 0.2) is 35.4 Å². The molecule has 1 aromatic carbocycles. The lowest BCUT2D eigenvalue weighted by Gasteiger charge is -2.21. The molecule has 0 saturated heterocycles. The fourth-order valence-electron chi connectivity index (χ4n) is 2.63. The topological polar surface area (TPSA) is 104 Å². The summed E-state index contributed by atoms with van der Waals surface area (Å²) in [5.41, 5.74) is 0.477. The fraction of sp³-hybridized carbons (Fsp3) is 0.444. The lowest BCUT2D eigenvalue weighted by atomic mass is 10.0. The molecule has 1 atom stereocenters. The highest BCUT2D eigenvalue weighted by Crippen LogP contribution is 2.06. The molecule has 134 valence electrons. The summed E-state index contributed by atoms with van der Waals surface area (Å²) in [6, 6.07) is 6.08. The molecule has 0 aliphatic carbocycles. The summed E-state index contributed by atoms with van der Waals surface area (Å²) in [4.78, 5) is 39.5. The molecule has 0 aliphatic rings. The van der Waals surface area contributed by atoms with Gasteiger partial charge in [-0.15, -0.1) is 0 Å². The van der Waals surface area contributed by atoms with E-state index in [2.05, 4.69) is 10.3 Å². The van der Waals surface area contributed by atoms with Crippen LogP contribution >= 0.6 is 0 Å². The van der Waals surface area contributed by atoms with Crippen LogP contribution in [0.3, 0.4) is 0 Å². The summed E-state index contributed by atoms with van der Waals surface area (Å²) in [5.74, 6) is -1.51. The second-order valence-electron chi connectivity index (χ2n) is 6.43. The van der Waals surface area contributed by atoms with Crippen molar-refractivity contribution in [3.8, 4) is 0 Å². The number of aliphatic carboxylic acids is 1. The Bertz CT molecular complexity index is 813. The number of fused-ring (bicyclic) bond motifs is 1. The normalized spacial score (nSPS) is 12.3. The van der Waals surface area contributed by atoms with E-state index in [1.807, 2.05) is 19.9 Å². The summed E-state index contributed by atoms with van der Waals surface area (Å²) in [6.45, 7) is 4.09. The van der Waals surface area contributed by atoms with Gasteiger partial charge in [0.05, 0.1) is 29.2 Å². The molecule has 0 radical (unpaired) electrons. The molecule has 25 heavy (non-hydrogen) atoms. The van der Waals surface area contributed by atoms with Crippen molar-refractivity contribution in [2.24, 2.45) is 5.92 Å². The number of nitrogens with zero attached hydrogens (tertiary/aromatic N) is 2. The van der Waals surface area contributed by atoms with E-state index in [-0.39, 0.29) is 23.8 Å². The molecule has 2 rings (SSSR count). The zero-order chi connectivity index (χ0) is 18.4. The second-order valence-corrected chi connectivity index (χ2v) is 6.43. The first-order chi connectivity index (χ1) is 11.9. The number of aryl methyl sites for hydroxylation is 1. The molecule has 0 unspecified atom stereocenters. The first kappa shape index (κ1) is 18.6. The number of carboxylic acids is 1. The number of carbonyl (C=O) groups is 2. The van der Waals surface area contributed by atoms with Crippen LogP contribution in [0.25, 0.3) is 10.9 Å². The number of aromatic nitrogens is 2. The third kappa shape index (κ3) is 5.14. The van der Waals surface area contributed by atoms with Crippen molar-refractivity contribution in [2.45, 2.75) is 45.7 Å². The Kier molecular flexibility index (Phi) is 6.27. The Labute approximate surface area is 145 Å². The quantitative estimate of drug-likeness (QED) is 0.749. The highest BCUT2D eigenvalue weighted by molar-refractivity contribution is 5.82. The number of para-hydroxylation sites is 1. The number of carboxylic acid groups (broad SMARTS) is 1. The monoisotopic (exact) mass is 344 g/mol. The van der Waals surface area contributed by atoms with Gasteiger partial charge in [-0.25, -0.2) is 4.98 Å². The Balaban J connectivity index is 1.92. The minimum Gasteiger partial charge on any atom is -0.548 e. The predicted molar refractivity (Wildman–Crippen MR) is 91.6 cm³/mol. The van der Waals surface area contributed by atoms with Gasteiger partial charge in [-0.1, -0.05) is 26.0 Å². The van der Waals surface area contributed by atoms with Crippen molar-refractivity contribution < 1.29 is 14.7 Å². The van der Waals surface area contributed by atoms with Crippen molar-refractivity contribution >= 4 is 22.8 Å². The van der Waals surface area contributed by atoms with Gasteiger partial charge in [0.1, 0.15) is 0 Å². The molecular weight excluding hydrogens is 322 g/mol. The molecule has 0 saturated carbocycles. The van der Waals surface area contributed by atoms with Crippen molar-refractivity contribution in [3.05, 3.63) is 40.9 Å². The maximum Gasteiger partial charge on any atom is 0.261 e. The van der Waals surface area contributed by atoms with Gasteiger partial charge in [0.2, 0.25) is 5.91 Å². The van der Waals surface area contributed by atoms with E-state index in [0.29, 0.717) is 30.3 Å². The molecule has 0 spiro atoms. The van der Waals surface area contributed by atoms with Crippen LogP contribution in [0.2, 0.25) is 0 Å². The molecule has 0 bridgehead atoms. The first-order valence-corrected chi connectivity index (χ1v) is 8.33. The van der Waals surface area contributed by atoms with Gasteiger partial charge in [-0.3, -0.25) is 14.2 Å². The molecule has 0 fully saturated rings. The van der Waals surface area contributed by atoms with Crippen molar-refractivity contribution in [1.82, 2.24) is 14.9 Å². The number of nitrogens with one attached hydrogen (secondary N) is 1. The van der Waals surface area contributed by atoms with Gasteiger partial charge in [-0.05, 0) is 30.9 Å². The largest absolute Gasteiger partial charge is 0.548 e. The fourth-order valence-corrected chi connectivity index (χ4v) is 2.63. The van der Waals surface area contributed by atoms with Crippen LogP contribution < -0.4 is 16.0 Å². The summed E-state index contributed by atoms with van der Waals surface area (Å²) in [6.07, 6.45) is 2.32. The third-order valence-corrected chi connectivity index (χ3v) is 3.86. The maximum atomic E-state index is 12.3. The zero-order valence-corrected chi connectivity index (χ0v) is 14.4. The summed E-state index contributed by atoms with van der Waals surface area (Å²) >= 11 is 0. The number of carbonyl (C=O) groups excluding carboxylic acids is 2. The molecule has 1 N–H and O–H groups in total. The van der Waals surface area contributed by atoms with E-state index in [1.54, 1.807) is 18.2 Å². The Morgan fingerprint density at radius 1 is 1.28 bits per heavy atom. The van der Waals surface area contributed by atoms with E-state index < -0.39 is 12.0 Å². The highest BCUT2D eigenvalue weighted by atomic mass is 16.4. The molecule has 7 heteroatoms. The van der Waals surface area contributed by atoms with Crippen LogP contribution in [-0.2, 0) is 16.1 Å². The number of hydrogen-bond acceptors (Lipinski definition) is 5. The Morgan fingerprint density at radius 2 is 2.00 bits per heavy atom. The van der Waals surface area contributed by atoms with Gasteiger partial charge in [0.15, 0.2) is 0 Å². The van der Waals surface area contributed by atoms with Gasteiger partial charge in [-0.2, -0.15) is 0 Å². The molecule has 7 nitrogen and oxygen atoms in total.